The predicted molar refractivity (Wildman–Crippen MR) is 96.2 cm³/mol. The quantitative estimate of drug-likeness (QED) is 0.333. The maximum atomic E-state index is 11.9. The lowest BCUT2D eigenvalue weighted by molar-refractivity contribution is 0.0526. The summed E-state index contributed by atoms with van der Waals surface area (Å²) in [7, 11) is 0. The number of hydrogen-bond donors (Lipinski definition) is 1. The van der Waals surface area contributed by atoms with E-state index >= 15 is 0 Å². The van der Waals surface area contributed by atoms with E-state index in [1.54, 1.807) is 19.1 Å². The second-order valence-corrected chi connectivity index (χ2v) is 5.51. The number of carbonyl (C=O) groups is 1. The van der Waals surface area contributed by atoms with Gasteiger partial charge in [0.2, 0.25) is 0 Å². The van der Waals surface area contributed by atoms with E-state index in [-0.39, 0.29) is 0 Å². The molecule has 2 aromatic carbocycles. The molecule has 0 atom stereocenters. The average molecular weight is 334 g/mol. The summed E-state index contributed by atoms with van der Waals surface area (Å²) >= 11 is 0. The van der Waals surface area contributed by atoms with E-state index in [2.05, 4.69) is 10.1 Å². The zero-order valence-electron chi connectivity index (χ0n) is 13.8. The minimum Gasteiger partial charge on any atom is -0.462 e. The molecule has 0 aliphatic heterocycles. The summed E-state index contributed by atoms with van der Waals surface area (Å²) in [6, 6.07) is 17.2. The Kier molecular flexibility index (Phi) is 5.04. The Morgan fingerprint density at radius 3 is 2.76 bits per heavy atom. The van der Waals surface area contributed by atoms with Crippen LogP contribution in [0.25, 0.3) is 10.8 Å². The predicted octanol–water partition coefficient (Wildman–Crippen LogP) is 3.83. The van der Waals surface area contributed by atoms with Gasteiger partial charge in [-0.2, -0.15) is 0 Å². The number of nitrogens with zero attached hydrogens (tertiary/aromatic N) is 2. The van der Waals surface area contributed by atoms with E-state index in [0.717, 1.165) is 16.3 Å². The third-order valence-electron chi connectivity index (χ3n) is 3.93. The molecular weight excluding hydrogens is 316 g/mol. The summed E-state index contributed by atoms with van der Waals surface area (Å²) < 4.78 is 5.00. The Morgan fingerprint density at radius 1 is 1.16 bits per heavy atom. The lowest BCUT2D eigenvalue weighted by atomic mass is 9.98. The van der Waals surface area contributed by atoms with Crippen molar-refractivity contribution in [1.29, 1.82) is 0 Å². The highest BCUT2D eigenvalue weighted by Crippen LogP contribution is 2.20. The fraction of sp³-hybridized carbons (Fsp3) is 0.150. The molecule has 0 aliphatic rings. The fourth-order valence-electron chi connectivity index (χ4n) is 2.73. The molecule has 0 unspecified atom stereocenters. The van der Waals surface area contributed by atoms with Crippen molar-refractivity contribution in [3.63, 3.8) is 0 Å². The van der Waals surface area contributed by atoms with Crippen molar-refractivity contribution in [2.24, 2.45) is 5.16 Å². The van der Waals surface area contributed by atoms with Crippen molar-refractivity contribution in [2.45, 2.75) is 13.3 Å². The number of hydrogen-bond acceptors (Lipinski definition) is 5. The maximum Gasteiger partial charge on any atom is 0.338 e. The Hall–Kier alpha value is -3.21. The van der Waals surface area contributed by atoms with Crippen molar-refractivity contribution in [3.8, 4) is 0 Å². The van der Waals surface area contributed by atoms with Crippen LogP contribution in [-0.4, -0.2) is 28.5 Å². The van der Waals surface area contributed by atoms with Crippen LogP contribution in [0.2, 0.25) is 0 Å². The van der Waals surface area contributed by atoms with E-state index in [0.29, 0.717) is 30.0 Å². The van der Waals surface area contributed by atoms with Gasteiger partial charge < -0.3 is 9.94 Å². The van der Waals surface area contributed by atoms with E-state index in [9.17, 15) is 10.0 Å². The molecule has 25 heavy (non-hydrogen) atoms. The van der Waals surface area contributed by atoms with Gasteiger partial charge in [0.25, 0.3) is 0 Å². The molecule has 1 N–H and O–H groups in total. The van der Waals surface area contributed by atoms with Crippen LogP contribution in [0.1, 0.15) is 28.5 Å². The molecule has 0 aliphatic carbocycles. The minimum atomic E-state index is -0.423. The molecule has 0 amide bonds. The van der Waals surface area contributed by atoms with Gasteiger partial charge in [0, 0.05) is 12.6 Å². The first kappa shape index (κ1) is 16.6. The summed E-state index contributed by atoms with van der Waals surface area (Å²) in [6.07, 6.45) is 1.91. The first-order valence-electron chi connectivity index (χ1n) is 8.04. The zero-order chi connectivity index (χ0) is 17.6. The van der Waals surface area contributed by atoms with Crippen LogP contribution in [-0.2, 0) is 11.2 Å². The topological polar surface area (TPSA) is 71.8 Å². The molecular formula is C20H18N2O3. The van der Waals surface area contributed by atoms with Gasteiger partial charge in [-0.3, -0.25) is 4.98 Å². The molecule has 0 spiro atoms. The average Bonchev–Trinajstić information content (AvgIpc) is 2.66. The Labute approximate surface area is 145 Å². The van der Waals surface area contributed by atoms with Gasteiger partial charge in [0.05, 0.1) is 17.9 Å². The Balaban J connectivity index is 1.93. The van der Waals surface area contributed by atoms with Crippen LogP contribution in [0.15, 0.2) is 65.9 Å². The maximum absolute atomic E-state index is 11.9. The largest absolute Gasteiger partial charge is 0.462 e. The first-order valence-corrected chi connectivity index (χ1v) is 8.04. The second kappa shape index (κ2) is 7.57. The number of aromatic nitrogens is 1. The van der Waals surface area contributed by atoms with Crippen molar-refractivity contribution in [3.05, 3.63) is 77.6 Å². The fourth-order valence-corrected chi connectivity index (χ4v) is 2.73. The van der Waals surface area contributed by atoms with Crippen molar-refractivity contribution in [1.82, 2.24) is 4.98 Å². The number of fused-ring (bicyclic) bond motifs is 1. The SMILES string of the molecule is CCOC(=O)c1ccnc(/C(Cc2cccc3ccccc23)=N/O)c1. The molecule has 0 fully saturated rings. The molecule has 3 rings (SSSR count). The van der Waals surface area contributed by atoms with E-state index < -0.39 is 5.97 Å². The summed E-state index contributed by atoms with van der Waals surface area (Å²) in [6.45, 7) is 2.05. The number of rotatable bonds is 5. The van der Waals surface area contributed by atoms with Crippen LogP contribution in [0, 0.1) is 0 Å². The lowest BCUT2D eigenvalue weighted by Gasteiger charge is -2.09. The molecule has 0 radical (unpaired) electrons. The molecule has 1 aromatic heterocycles. The van der Waals surface area contributed by atoms with Gasteiger partial charge in [-0.25, -0.2) is 4.79 Å². The Bertz CT molecular complexity index is 930. The standard InChI is InChI=1S/C20H18N2O3/c1-2-25-20(23)16-10-11-21-18(13-16)19(22-24)12-15-8-5-7-14-6-3-4-9-17(14)15/h3-11,13,24H,2,12H2,1H3/b22-19+. The zero-order valence-corrected chi connectivity index (χ0v) is 13.8. The minimum absolute atomic E-state index is 0.299. The highest BCUT2D eigenvalue weighted by molar-refractivity contribution is 6.03. The second-order valence-electron chi connectivity index (χ2n) is 5.51. The van der Waals surface area contributed by atoms with Gasteiger partial charge in [-0.15, -0.1) is 0 Å². The normalized spacial score (nSPS) is 11.5. The molecule has 1 heterocycles. The summed E-state index contributed by atoms with van der Waals surface area (Å²) in [4.78, 5) is 16.1. The van der Waals surface area contributed by atoms with Crippen LogP contribution in [0.3, 0.4) is 0 Å². The number of pyridine rings is 1. The molecule has 0 saturated heterocycles. The smallest absolute Gasteiger partial charge is 0.338 e. The molecule has 5 heteroatoms. The van der Waals surface area contributed by atoms with Crippen molar-refractivity contribution < 1.29 is 14.7 Å². The Morgan fingerprint density at radius 2 is 1.96 bits per heavy atom. The van der Waals surface area contributed by atoms with Crippen LogP contribution in [0.5, 0.6) is 0 Å². The van der Waals surface area contributed by atoms with Gasteiger partial charge in [-0.1, -0.05) is 47.6 Å². The highest BCUT2D eigenvalue weighted by Gasteiger charge is 2.13. The van der Waals surface area contributed by atoms with E-state index in [4.69, 9.17) is 4.74 Å². The van der Waals surface area contributed by atoms with E-state index in [1.165, 1.54) is 6.20 Å². The number of oxime groups is 1. The van der Waals surface area contributed by atoms with Crippen LogP contribution < -0.4 is 0 Å². The third-order valence-corrected chi connectivity index (χ3v) is 3.93. The number of carbonyl (C=O) groups excluding carboxylic acids is 1. The molecule has 0 bridgehead atoms. The first-order chi connectivity index (χ1) is 12.2. The van der Waals surface area contributed by atoms with Crippen LogP contribution >= 0.6 is 0 Å². The summed E-state index contributed by atoms with van der Waals surface area (Å²) in [5.74, 6) is -0.423. The number of ether oxygens (including phenoxy) is 1. The van der Waals surface area contributed by atoms with E-state index in [1.807, 2.05) is 42.5 Å². The van der Waals surface area contributed by atoms with Crippen molar-refractivity contribution in [2.75, 3.05) is 6.61 Å². The van der Waals surface area contributed by atoms with Gasteiger partial charge >= 0.3 is 5.97 Å². The monoisotopic (exact) mass is 334 g/mol. The third kappa shape index (κ3) is 3.66. The van der Waals surface area contributed by atoms with Gasteiger partial charge in [0.15, 0.2) is 0 Å². The number of benzene rings is 2. The number of esters is 1. The van der Waals surface area contributed by atoms with Crippen molar-refractivity contribution >= 4 is 22.5 Å². The van der Waals surface area contributed by atoms with Crippen LogP contribution in [0.4, 0.5) is 0 Å². The van der Waals surface area contributed by atoms with Gasteiger partial charge in [-0.05, 0) is 35.4 Å². The van der Waals surface area contributed by atoms with Gasteiger partial charge in [0.1, 0.15) is 5.71 Å². The molecule has 3 aromatic rings. The summed E-state index contributed by atoms with van der Waals surface area (Å²) in [5, 5.41) is 15.1. The molecule has 126 valence electrons. The molecule has 0 saturated carbocycles. The molecule has 5 nitrogen and oxygen atoms in total. The highest BCUT2D eigenvalue weighted by atomic mass is 16.5. The summed E-state index contributed by atoms with van der Waals surface area (Å²) in [5.41, 5.74) is 2.24. The lowest BCUT2D eigenvalue weighted by Crippen LogP contribution is -2.11.